The Morgan fingerprint density at radius 3 is 2.45 bits per heavy atom. The van der Waals surface area contributed by atoms with E-state index < -0.39 is 17.9 Å². The Balaban J connectivity index is 2.86. The number of rotatable bonds is 7. The molecule has 1 aromatic carbocycles. The molecule has 2 N–H and O–H groups in total. The molecule has 1 atom stereocenters. The third-order valence-electron chi connectivity index (χ3n) is 2.99. The van der Waals surface area contributed by atoms with E-state index in [1.807, 2.05) is 0 Å². The van der Waals surface area contributed by atoms with Crippen molar-refractivity contribution in [1.29, 1.82) is 0 Å². The first-order chi connectivity index (χ1) is 10.4. The quantitative estimate of drug-likeness (QED) is 0.769. The normalized spacial score (nSPS) is 11.6. The number of nitrogens with zero attached hydrogens (tertiary/aromatic N) is 1. The summed E-state index contributed by atoms with van der Waals surface area (Å²) < 4.78 is 4.82. The first-order valence-electron chi connectivity index (χ1n) is 6.71. The summed E-state index contributed by atoms with van der Waals surface area (Å²) >= 11 is 0. The lowest BCUT2D eigenvalue weighted by atomic mass is 10.1. The largest absolute Gasteiger partial charge is 0.480 e. The van der Waals surface area contributed by atoms with E-state index in [-0.39, 0.29) is 24.5 Å². The van der Waals surface area contributed by atoms with Crippen molar-refractivity contribution < 1.29 is 24.2 Å². The summed E-state index contributed by atoms with van der Waals surface area (Å²) in [7, 11) is 4.68. The van der Waals surface area contributed by atoms with Crippen LogP contribution in [0.3, 0.4) is 0 Å². The van der Waals surface area contributed by atoms with Gasteiger partial charge < -0.3 is 20.1 Å². The molecule has 0 spiro atoms. The standard InChI is InChI=1S/C15H20N2O5/c1-17(2)14(19)11-6-4-5-10(9-11)13(18)16-12(15(20)21)7-8-22-3/h4-6,9,12H,7-8H2,1-3H3,(H,16,18)(H,20,21). The first-order valence-corrected chi connectivity index (χ1v) is 6.71. The Morgan fingerprint density at radius 1 is 1.27 bits per heavy atom. The minimum absolute atomic E-state index is 0.161. The third kappa shape index (κ3) is 4.85. The zero-order chi connectivity index (χ0) is 16.7. The molecule has 120 valence electrons. The second-order valence-electron chi connectivity index (χ2n) is 4.93. The maximum absolute atomic E-state index is 12.1. The van der Waals surface area contributed by atoms with Crippen molar-refractivity contribution in [2.24, 2.45) is 0 Å². The number of methoxy groups -OCH3 is 1. The Kier molecular flexibility index (Phi) is 6.52. The molecular formula is C15H20N2O5. The summed E-state index contributed by atoms with van der Waals surface area (Å²) in [6.07, 6.45) is 0.161. The second-order valence-corrected chi connectivity index (χ2v) is 4.93. The highest BCUT2D eigenvalue weighted by Crippen LogP contribution is 2.08. The van der Waals surface area contributed by atoms with Crippen LogP contribution in [0.25, 0.3) is 0 Å². The Labute approximate surface area is 128 Å². The summed E-state index contributed by atoms with van der Waals surface area (Å²) in [5, 5.41) is 11.5. The zero-order valence-corrected chi connectivity index (χ0v) is 12.8. The van der Waals surface area contributed by atoms with Crippen LogP contribution in [0.4, 0.5) is 0 Å². The Morgan fingerprint density at radius 2 is 1.91 bits per heavy atom. The molecule has 0 saturated carbocycles. The van der Waals surface area contributed by atoms with Crippen LogP contribution in [0.2, 0.25) is 0 Å². The van der Waals surface area contributed by atoms with Gasteiger partial charge in [0, 0.05) is 45.4 Å². The summed E-state index contributed by atoms with van der Waals surface area (Å²) in [5.41, 5.74) is 0.595. The fourth-order valence-corrected chi connectivity index (χ4v) is 1.79. The predicted molar refractivity (Wildman–Crippen MR) is 79.8 cm³/mol. The van der Waals surface area contributed by atoms with Crippen molar-refractivity contribution >= 4 is 17.8 Å². The molecule has 0 saturated heterocycles. The van der Waals surface area contributed by atoms with Crippen molar-refractivity contribution in [3.63, 3.8) is 0 Å². The number of carboxylic acid groups (broad SMARTS) is 1. The molecule has 0 bridgehead atoms. The minimum Gasteiger partial charge on any atom is -0.480 e. The molecule has 0 radical (unpaired) electrons. The molecule has 0 aliphatic carbocycles. The number of hydrogen-bond donors (Lipinski definition) is 2. The molecule has 22 heavy (non-hydrogen) atoms. The van der Waals surface area contributed by atoms with Crippen LogP contribution in [0.5, 0.6) is 0 Å². The van der Waals surface area contributed by atoms with Crippen molar-refractivity contribution in [2.45, 2.75) is 12.5 Å². The first kappa shape index (κ1) is 17.6. The molecule has 0 heterocycles. The molecule has 1 aromatic rings. The molecule has 2 amide bonds. The molecule has 1 unspecified atom stereocenters. The molecule has 0 aliphatic heterocycles. The van der Waals surface area contributed by atoms with Crippen molar-refractivity contribution in [2.75, 3.05) is 27.8 Å². The van der Waals surface area contributed by atoms with Crippen LogP contribution in [0, 0.1) is 0 Å². The monoisotopic (exact) mass is 308 g/mol. The Bertz CT molecular complexity index is 557. The van der Waals surface area contributed by atoms with E-state index in [0.29, 0.717) is 5.56 Å². The zero-order valence-electron chi connectivity index (χ0n) is 12.8. The van der Waals surface area contributed by atoms with Crippen molar-refractivity contribution in [3.05, 3.63) is 35.4 Å². The Hall–Kier alpha value is -2.41. The van der Waals surface area contributed by atoms with Crippen LogP contribution in [0.15, 0.2) is 24.3 Å². The number of aliphatic carboxylic acids is 1. The lowest BCUT2D eigenvalue weighted by Gasteiger charge is -2.15. The van der Waals surface area contributed by atoms with E-state index in [4.69, 9.17) is 9.84 Å². The lowest BCUT2D eigenvalue weighted by molar-refractivity contribution is -0.139. The third-order valence-corrected chi connectivity index (χ3v) is 2.99. The molecular weight excluding hydrogens is 288 g/mol. The van der Waals surface area contributed by atoms with Crippen LogP contribution < -0.4 is 5.32 Å². The topological polar surface area (TPSA) is 95.9 Å². The summed E-state index contributed by atoms with van der Waals surface area (Å²) in [6.45, 7) is 0.219. The van der Waals surface area contributed by atoms with Gasteiger partial charge in [0.25, 0.3) is 11.8 Å². The molecule has 7 nitrogen and oxygen atoms in total. The highest BCUT2D eigenvalue weighted by atomic mass is 16.5. The highest BCUT2D eigenvalue weighted by molar-refractivity contribution is 6.00. The van der Waals surface area contributed by atoms with Crippen LogP contribution >= 0.6 is 0 Å². The molecule has 0 aliphatic rings. The van der Waals surface area contributed by atoms with Gasteiger partial charge in [0.2, 0.25) is 0 Å². The number of nitrogens with one attached hydrogen (secondary N) is 1. The van der Waals surface area contributed by atoms with E-state index in [1.54, 1.807) is 26.2 Å². The smallest absolute Gasteiger partial charge is 0.326 e. The van der Waals surface area contributed by atoms with Gasteiger partial charge in [-0.3, -0.25) is 9.59 Å². The number of carboxylic acids is 1. The van der Waals surface area contributed by atoms with Gasteiger partial charge in [-0.05, 0) is 18.2 Å². The van der Waals surface area contributed by atoms with Gasteiger partial charge in [-0.1, -0.05) is 6.07 Å². The van der Waals surface area contributed by atoms with Gasteiger partial charge in [0.15, 0.2) is 0 Å². The average molecular weight is 308 g/mol. The number of ether oxygens (including phenoxy) is 1. The lowest BCUT2D eigenvalue weighted by Crippen LogP contribution is -2.41. The summed E-state index contributed by atoms with van der Waals surface area (Å²) in [6, 6.07) is 5.10. The number of carbonyl (C=O) groups excluding carboxylic acids is 2. The van der Waals surface area contributed by atoms with Gasteiger partial charge >= 0.3 is 5.97 Å². The summed E-state index contributed by atoms with van der Waals surface area (Å²) in [4.78, 5) is 36.5. The fraction of sp³-hybridized carbons (Fsp3) is 0.400. The van der Waals surface area contributed by atoms with Crippen LogP contribution in [-0.2, 0) is 9.53 Å². The van der Waals surface area contributed by atoms with Gasteiger partial charge in [0.05, 0.1) is 0 Å². The van der Waals surface area contributed by atoms with Crippen molar-refractivity contribution in [1.82, 2.24) is 10.2 Å². The molecule has 7 heteroatoms. The number of benzene rings is 1. The SMILES string of the molecule is COCCC(NC(=O)c1cccc(C(=O)N(C)C)c1)C(=O)O. The van der Waals surface area contributed by atoms with Gasteiger partial charge in [-0.2, -0.15) is 0 Å². The van der Waals surface area contributed by atoms with Gasteiger partial charge in [-0.25, -0.2) is 4.79 Å². The van der Waals surface area contributed by atoms with E-state index in [0.717, 1.165) is 0 Å². The maximum Gasteiger partial charge on any atom is 0.326 e. The summed E-state index contributed by atoms with van der Waals surface area (Å²) in [5.74, 6) is -1.91. The van der Waals surface area contributed by atoms with Gasteiger partial charge in [0.1, 0.15) is 6.04 Å². The van der Waals surface area contributed by atoms with E-state index in [1.165, 1.54) is 24.1 Å². The highest BCUT2D eigenvalue weighted by Gasteiger charge is 2.21. The maximum atomic E-state index is 12.1. The second kappa shape index (κ2) is 8.14. The van der Waals surface area contributed by atoms with E-state index in [9.17, 15) is 14.4 Å². The average Bonchev–Trinajstić information content (AvgIpc) is 2.50. The van der Waals surface area contributed by atoms with Gasteiger partial charge in [-0.15, -0.1) is 0 Å². The number of carbonyl (C=O) groups is 3. The minimum atomic E-state index is -1.13. The van der Waals surface area contributed by atoms with Crippen molar-refractivity contribution in [3.8, 4) is 0 Å². The molecule has 0 aromatic heterocycles. The number of hydrogen-bond acceptors (Lipinski definition) is 4. The predicted octanol–water partition coefficient (Wildman–Crippen LogP) is 0.608. The fourth-order valence-electron chi connectivity index (χ4n) is 1.79. The van der Waals surface area contributed by atoms with Crippen LogP contribution in [-0.4, -0.2) is 61.6 Å². The molecule has 0 fully saturated rings. The molecule has 1 rings (SSSR count). The number of amides is 2. The van der Waals surface area contributed by atoms with Crippen LogP contribution in [0.1, 0.15) is 27.1 Å². The van der Waals surface area contributed by atoms with E-state index >= 15 is 0 Å². The van der Waals surface area contributed by atoms with E-state index in [2.05, 4.69) is 5.32 Å².